The van der Waals surface area contributed by atoms with E-state index in [4.69, 9.17) is 5.73 Å². The lowest BCUT2D eigenvalue weighted by atomic mass is 9.76. The molecule has 0 saturated carbocycles. The Morgan fingerprint density at radius 3 is 2.33 bits per heavy atom. The van der Waals surface area contributed by atoms with Gasteiger partial charge in [0.05, 0.1) is 6.04 Å². The summed E-state index contributed by atoms with van der Waals surface area (Å²) < 4.78 is 0. The van der Waals surface area contributed by atoms with Crippen LogP contribution in [0.5, 0.6) is 0 Å². The molecule has 0 bridgehead atoms. The van der Waals surface area contributed by atoms with E-state index in [1.165, 1.54) is 0 Å². The number of nitrogens with two attached hydrogens (primary N) is 1. The van der Waals surface area contributed by atoms with E-state index in [-0.39, 0.29) is 17.4 Å². The molecule has 1 rings (SSSR count). The zero-order valence-electron chi connectivity index (χ0n) is 13.9. The molecule has 0 fully saturated rings. The number of carbonyl (C=O) groups is 1. The molecule has 2 atom stereocenters. The second kappa shape index (κ2) is 8.18. The first kappa shape index (κ1) is 17.7. The normalized spacial score (nSPS) is 14.5. The summed E-state index contributed by atoms with van der Waals surface area (Å²) in [7, 11) is 0. The van der Waals surface area contributed by atoms with Gasteiger partial charge in [-0.05, 0) is 43.2 Å². The van der Waals surface area contributed by atoms with Gasteiger partial charge in [0, 0.05) is 6.42 Å². The number of amides is 1. The van der Waals surface area contributed by atoms with E-state index in [0.29, 0.717) is 18.9 Å². The molecule has 0 saturated heterocycles. The van der Waals surface area contributed by atoms with E-state index in [9.17, 15) is 4.79 Å². The van der Waals surface area contributed by atoms with Crippen LogP contribution < -0.4 is 11.1 Å². The van der Waals surface area contributed by atoms with Crippen molar-refractivity contribution in [3.05, 3.63) is 35.9 Å². The first-order chi connectivity index (χ1) is 9.84. The van der Waals surface area contributed by atoms with Gasteiger partial charge in [0.25, 0.3) is 0 Å². The fraction of sp³-hybridized carbons (Fsp3) is 0.611. The minimum Gasteiger partial charge on any atom is -0.350 e. The van der Waals surface area contributed by atoms with Crippen molar-refractivity contribution in [1.82, 2.24) is 5.32 Å². The predicted octanol–water partition coefficient (Wildman–Crippen LogP) is 3.66. The predicted molar refractivity (Wildman–Crippen MR) is 88.9 cm³/mol. The molecule has 0 aliphatic carbocycles. The maximum atomic E-state index is 12.1. The van der Waals surface area contributed by atoms with Crippen LogP contribution in [0, 0.1) is 11.3 Å². The van der Waals surface area contributed by atoms with Crippen molar-refractivity contribution in [2.45, 2.75) is 53.0 Å². The van der Waals surface area contributed by atoms with E-state index >= 15 is 0 Å². The summed E-state index contributed by atoms with van der Waals surface area (Å²) in [5.41, 5.74) is 7.03. The fourth-order valence-corrected chi connectivity index (χ4v) is 2.66. The van der Waals surface area contributed by atoms with Gasteiger partial charge in [-0.15, -0.1) is 0 Å². The van der Waals surface area contributed by atoms with E-state index in [0.717, 1.165) is 18.4 Å². The maximum Gasteiger partial charge on any atom is 0.220 e. The van der Waals surface area contributed by atoms with Gasteiger partial charge in [0.15, 0.2) is 0 Å². The van der Waals surface area contributed by atoms with Crippen LogP contribution in [0.3, 0.4) is 0 Å². The summed E-state index contributed by atoms with van der Waals surface area (Å²) >= 11 is 0. The minimum absolute atomic E-state index is 0.0568. The summed E-state index contributed by atoms with van der Waals surface area (Å²) in [5, 5.41) is 3.07. The smallest absolute Gasteiger partial charge is 0.220 e. The third-order valence-electron chi connectivity index (χ3n) is 4.14. The molecule has 0 aromatic heterocycles. The molecule has 118 valence electrons. The summed E-state index contributed by atoms with van der Waals surface area (Å²) in [6, 6.07) is 10.1. The lowest BCUT2D eigenvalue weighted by Crippen LogP contribution is -2.29. The second-order valence-electron chi connectivity index (χ2n) is 6.88. The molecule has 3 heteroatoms. The molecule has 1 amide bonds. The summed E-state index contributed by atoms with van der Waals surface area (Å²) in [4.78, 5) is 12.1. The molecule has 1 aromatic carbocycles. The Morgan fingerprint density at radius 1 is 1.19 bits per heavy atom. The molecule has 21 heavy (non-hydrogen) atoms. The van der Waals surface area contributed by atoms with E-state index in [1.807, 2.05) is 37.3 Å². The Labute approximate surface area is 129 Å². The maximum absolute atomic E-state index is 12.1. The average molecular weight is 290 g/mol. The summed E-state index contributed by atoms with van der Waals surface area (Å²) in [6.45, 7) is 9.37. The molecule has 3 N–H and O–H groups in total. The van der Waals surface area contributed by atoms with Crippen molar-refractivity contribution in [2.24, 2.45) is 17.1 Å². The molecule has 0 aliphatic heterocycles. The third-order valence-corrected chi connectivity index (χ3v) is 4.14. The van der Waals surface area contributed by atoms with Crippen LogP contribution in [0.15, 0.2) is 30.3 Å². The minimum atomic E-state index is 0.0568. The molecule has 0 radical (unpaired) electrons. The Balaban J connectivity index is 2.46. The van der Waals surface area contributed by atoms with Crippen molar-refractivity contribution in [3.63, 3.8) is 0 Å². The van der Waals surface area contributed by atoms with Gasteiger partial charge >= 0.3 is 0 Å². The summed E-state index contributed by atoms with van der Waals surface area (Å²) in [5.74, 6) is 0.609. The second-order valence-corrected chi connectivity index (χ2v) is 6.88. The first-order valence-corrected chi connectivity index (χ1v) is 7.89. The summed E-state index contributed by atoms with van der Waals surface area (Å²) in [6.07, 6.45) is 2.44. The van der Waals surface area contributed by atoms with Gasteiger partial charge in [-0.2, -0.15) is 0 Å². The van der Waals surface area contributed by atoms with Crippen molar-refractivity contribution in [1.29, 1.82) is 0 Å². The van der Waals surface area contributed by atoms with Crippen LogP contribution in [0.1, 0.15) is 58.6 Å². The van der Waals surface area contributed by atoms with E-state index in [1.54, 1.807) is 0 Å². The molecule has 0 aliphatic rings. The molecular formula is C18H30N2O. The highest BCUT2D eigenvalue weighted by atomic mass is 16.1. The van der Waals surface area contributed by atoms with Gasteiger partial charge < -0.3 is 11.1 Å². The highest BCUT2D eigenvalue weighted by molar-refractivity contribution is 5.76. The van der Waals surface area contributed by atoms with Crippen LogP contribution in [-0.4, -0.2) is 12.5 Å². The van der Waals surface area contributed by atoms with Crippen LogP contribution in [0.2, 0.25) is 0 Å². The number of hydrogen-bond acceptors (Lipinski definition) is 2. The quantitative estimate of drug-likeness (QED) is 0.805. The number of rotatable bonds is 7. The van der Waals surface area contributed by atoms with E-state index < -0.39 is 0 Å². The van der Waals surface area contributed by atoms with Crippen molar-refractivity contribution < 1.29 is 4.79 Å². The largest absolute Gasteiger partial charge is 0.350 e. The zero-order valence-corrected chi connectivity index (χ0v) is 13.9. The lowest BCUT2D eigenvalue weighted by Gasteiger charge is -2.30. The number of benzene rings is 1. The van der Waals surface area contributed by atoms with Gasteiger partial charge in [0.2, 0.25) is 5.91 Å². The number of hydrogen-bond donors (Lipinski definition) is 2. The van der Waals surface area contributed by atoms with Crippen LogP contribution in [-0.2, 0) is 4.79 Å². The number of nitrogens with one attached hydrogen (secondary N) is 1. The lowest BCUT2D eigenvalue weighted by molar-refractivity contribution is -0.122. The third kappa shape index (κ3) is 6.30. The SMILES string of the molecule is C[C@@H](NC(=O)CCC(CCN)C(C)(C)C)c1ccccc1. The Bertz CT molecular complexity index is 423. The van der Waals surface area contributed by atoms with E-state index in [2.05, 4.69) is 26.1 Å². The monoisotopic (exact) mass is 290 g/mol. The van der Waals surface area contributed by atoms with Crippen molar-refractivity contribution >= 4 is 5.91 Å². The standard InChI is InChI=1S/C18H30N2O/c1-14(15-8-6-5-7-9-15)20-17(21)11-10-16(12-13-19)18(2,3)4/h5-9,14,16H,10-13,19H2,1-4H3,(H,20,21)/t14-,16?/m1/s1. The first-order valence-electron chi connectivity index (χ1n) is 7.89. The van der Waals surface area contributed by atoms with Crippen LogP contribution in [0.4, 0.5) is 0 Å². The molecule has 3 nitrogen and oxygen atoms in total. The van der Waals surface area contributed by atoms with Gasteiger partial charge in [-0.25, -0.2) is 0 Å². The molecule has 0 heterocycles. The zero-order chi connectivity index (χ0) is 15.9. The molecule has 0 spiro atoms. The molecular weight excluding hydrogens is 260 g/mol. The highest BCUT2D eigenvalue weighted by Gasteiger charge is 2.24. The van der Waals surface area contributed by atoms with Crippen LogP contribution >= 0.6 is 0 Å². The highest BCUT2D eigenvalue weighted by Crippen LogP contribution is 2.32. The number of carbonyl (C=O) groups excluding carboxylic acids is 1. The Morgan fingerprint density at radius 2 is 1.81 bits per heavy atom. The van der Waals surface area contributed by atoms with Gasteiger partial charge in [-0.1, -0.05) is 51.1 Å². The Hall–Kier alpha value is -1.35. The van der Waals surface area contributed by atoms with Crippen molar-refractivity contribution in [2.75, 3.05) is 6.54 Å². The van der Waals surface area contributed by atoms with Crippen LogP contribution in [0.25, 0.3) is 0 Å². The average Bonchev–Trinajstić information content (AvgIpc) is 2.43. The molecule has 1 aromatic rings. The fourth-order valence-electron chi connectivity index (χ4n) is 2.66. The molecule has 1 unspecified atom stereocenters. The van der Waals surface area contributed by atoms with Gasteiger partial charge in [0.1, 0.15) is 0 Å². The van der Waals surface area contributed by atoms with Crippen molar-refractivity contribution in [3.8, 4) is 0 Å². The Kier molecular flexibility index (Phi) is 6.90. The topological polar surface area (TPSA) is 55.1 Å². The van der Waals surface area contributed by atoms with Gasteiger partial charge in [-0.3, -0.25) is 4.79 Å².